The smallest absolute Gasteiger partial charge is 0.308 e. The van der Waals surface area contributed by atoms with Crippen molar-refractivity contribution in [2.24, 2.45) is 5.92 Å². The summed E-state index contributed by atoms with van der Waals surface area (Å²) in [6.07, 6.45) is 1.67. The van der Waals surface area contributed by atoms with Gasteiger partial charge in [-0.05, 0) is 62.7 Å². The Kier molecular flexibility index (Phi) is 6.35. The number of amides is 1. The van der Waals surface area contributed by atoms with Crippen LogP contribution in [0.15, 0.2) is 54.6 Å². The van der Waals surface area contributed by atoms with E-state index >= 15 is 0 Å². The monoisotopic (exact) mass is 436 g/mol. The number of piperidine rings is 1. The van der Waals surface area contributed by atoms with Gasteiger partial charge < -0.3 is 19.6 Å². The molecule has 32 heavy (non-hydrogen) atoms. The molecular formula is C26H32N2O4. The number of hydrogen-bond acceptors (Lipinski definition) is 5. The Morgan fingerprint density at radius 3 is 2.62 bits per heavy atom. The molecule has 0 bridgehead atoms. The summed E-state index contributed by atoms with van der Waals surface area (Å²) in [7, 11) is 3.92. The fourth-order valence-corrected chi connectivity index (χ4v) is 5.62. The number of esters is 1. The number of hydrogen-bond donors (Lipinski definition) is 1. The summed E-state index contributed by atoms with van der Waals surface area (Å²) < 4.78 is 5.36. The third-order valence-electron chi connectivity index (χ3n) is 7.30. The molecule has 170 valence electrons. The molecular weight excluding hydrogens is 404 g/mol. The van der Waals surface area contributed by atoms with E-state index in [1.54, 1.807) is 11.0 Å². The van der Waals surface area contributed by atoms with E-state index in [-0.39, 0.29) is 29.3 Å². The van der Waals surface area contributed by atoms with Gasteiger partial charge in [0.2, 0.25) is 0 Å². The average Bonchev–Trinajstić information content (AvgIpc) is 2.79. The van der Waals surface area contributed by atoms with Gasteiger partial charge in [-0.25, -0.2) is 0 Å². The number of carbonyl (C=O) groups is 2. The van der Waals surface area contributed by atoms with Gasteiger partial charge in [-0.1, -0.05) is 30.3 Å². The molecule has 1 unspecified atom stereocenters. The molecule has 1 saturated carbocycles. The molecule has 4 atom stereocenters. The zero-order chi connectivity index (χ0) is 22.9. The first-order valence-corrected chi connectivity index (χ1v) is 11.3. The van der Waals surface area contributed by atoms with Crippen LogP contribution in [0.25, 0.3) is 0 Å². The predicted molar refractivity (Wildman–Crippen MR) is 123 cm³/mol. The minimum absolute atomic E-state index is 0.0296. The Morgan fingerprint density at radius 1 is 1.16 bits per heavy atom. The van der Waals surface area contributed by atoms with Crippen LogP contribution in [0.5, 0.6) is 5.75 Å². The van der Waals surface area contributed by atoms with Crippen LogP contribution in [0.4, 0.5) is 0 Å². The van der Waals surface area contributed by atoms with E-state index in [2.05, 4.69) is 18.0 Å². The van der Waals surface area contributed by atoms with Gasteiger partial charge in [0.05, 0.1) is 6.10 Å². The number of fused-ring (bicyclic) bond motifs is 1. The van der Waals surface area contributed by atoms with Crippen molar-refractivity contribution in [1.29, 1.82) is 0 Å². The highest BCUT2D eigenvalue weighted by Crippen LogP contribution is 2.50. The molecule has 1 saturated heterocycles. The van der Waals surface area contributed by atoms with Gasteiger partial charge in [-0.3, -0.25) is 9.59 Å². The van der Waals surface area contributed by atoms with Gasteiger partial charge >= 0.3 is 5.97 Å². The molecule has 2 aromatic carbocycles. The summed E-state index contributed by atoms with van der Waals surface area (Å²) in [5, 5.41) is 11.3. The molecule has 2 aromatic rings. The lowest BCUT2D eigenvalue weighted by Gasteiger charge is -2.55. The molecule has 1 aliphatic carbocycles. The van der Waals surface area contributed by atoms with Crippen molar-refractivity contribution in [3.8, 4) is 5.75 Å². The molecule has 6 nitrogen and oxygen atoms in total. The number of ether oxygens (including phenoxy) is 1. The maximum atomic E-state index is 13.2. The average molecular weight is 437 g/mol. The highest BCUT2D eigenvalue weighted by molar-refractivity contribution is 5.94. The lowest BCUT2D eigenvalue weighted by Crippen LogP contribution is -2.60. The first-order valence-electron chi connectivity index (χ1n) is 11.3. The predicted octanol–water partition coefficient (Wildman–Crippen LogP) is 3.10. The summed E-state index contributed by atoms with van der Waals surface area (Å²) in [5.74, 6) is 0.185. The number of aliphatic hydroxyl groups is 1. The molecule has 2 fully saturated rings. The lowest BCUT2D eigenvalue weighted by molar-refractivity contribution is -0.131. The fourth-order valence-electron chi connectivity index (χ4n) is 5.62. The Hall–Kier alpha value is -2.70. The first kappa shape index (κ1) is 22.5. The quantitative estimate of drug-likeness (QED) is 0.589. The number of benzene rings is 2. The van der Waals surface area contributed by atoms with Gasteiger partial charge in [-0.15, -0.1) is 0 Å². The molecule has 1 N–H and O–H groups in total. The van der Waals surface area contributed by atoms with Gasteiger partial charge in [0.25, 0.3) is 5.91 Å². The number of carbonyl (C=O) groups excluding carboxylic acids is 2. The van der Waals surface area contributed by atoms with Crippen molar-refractivity contribution < 1.29 is 19.4 Å². The molecule has 1 heterocycles. The number of nitrogens with zero attached hydrogens (tertiary/aromatic N) is 2. The van der Waals surface area contributed by atoms with Crippen LogP contribution < -0.4 is 4.74 Å². The summed E-state index contributed by atoms with van der Waals surface area (Å²) in [4.78, 5) is 28.7. The van der Waals surface area contributed by atoms with Gasteiger partial charge in [0.15, 0.2) is 0 Å². The zero-order valence-electron chi connectivity index (χ0n) is 19.0. The largest absolute Gasteiger partial charge is 0.427 e. The third kappa shape index (κ3) is 4.30. The van der Waals surface area contributed by atoms with E-state index < -0.39 is 6.10 Å². The van der Waals surface area contributed by atoms with E-state index in [0.717, 1.165) is 31.5 Å². The van der Waals surface area contributed by atoms with Crippen molar-refractivity contribution in [2.75, 3.05) is 27.2 Å². The maximum Gasteiger partial charge on any atom is 0.308 e. The van der Waals surface area contributed by atoms with Crippen molar-refractivity contribution >= 4 is 11.9 Å². The lowest BCUT2D eigenvalue weighted by atomic mass is 9.57. The van der Waals surface area contributed by atoms with Gasteiger partial charge in [0.1, 0.15) is 5.75 Å². The number of likely N-dealkylation sites (tertiary alicyclic amines) is 1. The van der Waals surface area contributed by atoms with Crippen LogP contribution >= 0.6 is 0 Å². The molecule has 0 spiro atoms. The molecule has 1 aliphatic heterocycles. The molecule has 0 aromatic heterocycles. The molecule has 4 rings (SSSR count). The van der Waals surface area contributed by atoms with E-state index in [0.29, 0.717) is 17.7 Å². The van der Waals surface area contributed by atoms with Crippen LogP contribution in [-0.4, -0.2) is 66.1 Å². The van der Waals surface area contributed by atoms with Gasteiger partial charge in [0, 0.05) is 43.5 Å². The van der Waals surface area contributed by atoms with Gasteiger partial charge in [-0.2, -0.15) is 0 Å². The van der Waals surface area contributed by atoms with Crippen molar-refractivity contribution in [3.05, 3.63) is 65.7 Å². The van der Waals surface area contributed by atoms with E-state index in [1.807, 2.05) is 49.5 Å². The number of rotatable bonds is 4. The second-order valence-corrected chi connectivity index (χ2v) is 9.34. The zero-order valence-corrected chi connectivity index (χ0v) is 19.0. The third-order valence-corrected chi connectivity index (χ3v) is 7.30. The number of aliphatic hydroxyl groups excluding tert-OH is 1. The van der Waals surface area contributed by atoms with Crippen molar-refractivity contribution in [3.63, 3.8) is 0 Å². The van der Waals surface area contributed by atoms with Crippen LogP contribution in [0.3, 0.4) is 0 Å². The fraction of sp³-hybridized carbons (Fsp3) is 0.462. The standard InChI is InChI=1S/C26H32N2O4/c1-18(29)32-22-11-7-10-20(14-22)26-12-13-27(2)17-23(26)24(30)15-21(16-26)28(3)25(31)19-8-5-4-6-9-19/h4-11,14,21,23-24,30H,12-13,15-17H2,1-3H3/t21-,23+,24?,26+/m1/s1. The second-order valence-electron chi connectivity index (χ2n) is 9.34. The molecule has 0 radical (unpaired) electrons. The highest BCUT2D eigenvalue weighted by Gasteiger charge is 2.52. The second kappa shape index (κ2) is 9.04. The Bertz CT molecular complexity index is 979. The minimum atomic E-state index is -0.528. The maximum absolute atomic E-state index is 13.2. The van der Waals surface area contributed by atoms with Crippen LogP contribution in [-0.2, 0) is 10.2 Å². The Balaban J connectivity index is 1.69. The molecule has 6 heteroatoms. The van der Waals surface area contributed by atoms with Crippen molar-refractivity contribution in [1.82, 2.24) is 9.80 Å². The minimum Gasteiger partial charge on any atom is -0.427 e. The summed E-state index contributed by atoms with van der Waals surface area (Å²) >= 11 is 0. The summed E-state index contributed by atoms with van der Waals surface area (Å²) in [5.41, 5.74) is 1.43. The van der Waals surface area contributed by atoms with Crippen LogP contribution in [0.1, 0.15) is 42.1 Å². The molecule has 1 amide bonds. The van der Waals surface area contributed by atoms with E-state index in [9.17, 15) is 14.7 Å². The highest BCUT2D eigenvalue weighted by atomic mass is 16.5. The van der Waals surface area contributed by atoms with Crippen molar-refractivity contribution in [2.45, 2.75) is 43.7 Å². The summed E-state index contributed by atoms with van der Waals surface area (Å²) in [6.45, 7) is 3.10. The summed E-state index contributed by atoms with van der Waals surface area (Å²) in [6, 6.07) is 16.9. The van der Waals surface area contributed by atoms with E-state index in [4.69, 9.17) is 4.74 Å². The Labute approximate surface area is 189 Å². The SMILES string of the molecule is CC(=O)Oc1cccc([C@@]23CCN(C)C[C@H]2C(O)C[C@@H](N(C)C(=O)c2ccccc2)C3)c1. The molecule has 2 aliphatic rings. The van der Waals surface area contributed by atoms with Crippen LogP contribution in [0, 0.1) is 5.92 Å². The normalized spacial score (nSPS) is 27.9. The van der Waals surface area contributed by atoms with Crippen LogP contribution in [0.2, 0.25) is 0 Å². The first-order chi connectivity index (χ1) is 15.3. The Morgan fingerprint density at radius 2 is 1.91 bits per heavy atom. The van der Waals surface area contributed by atoms with E-state index in [1.165, 1.54) is 6.92 Å². The topological polar surface area (TPSA) is 70.1 Å².